The molecule has 112 valence electrons. The summed E-state index contributed by atoms with van der Waals surface area (Å²) < 4.78 is 0. The van der Waals surface area contributed by atoms with Gasteiger partial charge in [0.25, 0.3) is 0 Å². The van der Waals surface area contributed by atoms with Gasteiger partial charge in [0, 0.05) is 12.1 Å². The van der Waals surface area contributed by atoms with Crippen molar-refractivity contribution in [1.82, 2.24) is 5.32 Å². The fourth-order valence-corrected chi connectivity index (χ4v) is 2.62. The maximum absolute atomic E-state index is 9.44. The molecule has 2 N–H and O–H groups in total. The Bertz CT molecular complexity index is 452. The first kappa shape index (κ1) is 15.7. The van der Waals surface area contributed by atoms with Crippen LogP contribution in [0.4, 0.5) is 0 Å². The van der Waals surface area contributed by atoms with Crippen LogP contribution in [-0.2, 0) is 12.8 Å². The summed E-state index contributed by atoms with van der Waals surface area (Å²) in [5.74, 6) is 0. The van der Waals surface area contributed by atoms with E-state index in [9.17, 15) is 5.11 Å². The van der Waals surface area contributed by atoms with Gasteiger partial charge in [-0.1, -0.05) is 67.6 Å². The van der Waals surface area contributed by atoms with E-state index in [1.54, 1.807) is 0 Å². The molecule has 0 unspecified atom stereocenters. The van der Waals surface area contributed by atoms with E-state index in [2.05, 4.69) is 60.8 Å². The van der Waals surface area contributed by atoms with Gasteiger partial charge in [-0.05, 0) is 30.4 Å². The second-order valence-electron chi connectivity index (χ2n) is 5.53. The molecule has 2 rings (SSSR count). The van der Waals surface area contributed by atoms with Gasteiger partial charge in [0.2, 0.25) is 0 Å². The number of hydrogen-bond donors (Lipinski definition) is 2. The molecule has 0 spiro atoms. The van der Waals surface area contributed by atoms with E-state index in [-0.39, 0.29) is 12.6 Å². The molecule has 0 aromatic heterocycles. The first-order valence-corrected chi connectivity index (χ1v) is 7.76. The van der Waals surface area contributed by atoms with Gasteiger partial charge >= 0.3 is 0 Å². The smallest absolute Gasteiger partial charge is 0.0584 e. The third-order valence-electron chi connectivity index (χ3n) is 3.83. The minimum atomic E-state index is 0.169. The molecule has 0 saturated carbocycles. The third kappa shape index (κ3) is 5.33. The molecule has 2 aromatic carbocycles. The molecule has 2 aromatic rings. The highest BCUT2D eigenvalue weighted by molar-refractivity contribution is 5.19. The van der Waals surface area contributed by atoms with Gasteiger partial charge in [-0.2, -0.15) is 0 Å². The van der Waals surface area contributed by atoms with E-state index in [0.717, 1.165) is 19.3 Å². The lowest BCUT2D eigenvalue weighted by Gasteiger charge is -2.24. The van der Waals surface area contributed by atoms with E-state index >= 15 is 0 Å². The highest BCUT2D eigenvalue weighted by Gasteiger charge is 2.14. The van der Waals surface area contributed by atoms with Gasteiger partial charge in [0.1, 0.15) is 0 Å². The van der Waals surface area contributed by atoms with Crippen LogP contribution in [0.25, 0.3) is 0 Å². The number of nitrogens with one attached hydrogen (secondary N) is 1. The van der Waals surface area contributed by atoms with Crippen molar-refractivity contribution < 1.29 is 5.11 Å². The molecule has 0 fully saturated rings. The minimum absolute atomic E-state index is 0.169. The van der Waals surface area contributed by atoms with E-state index in [0.29, 0.717) is 6.04 Å². The van der Waals surface area contributed by atoms with Crippen molar-refractivity contribution in [3.63, 3.8) is 0 Å². The molecule has 0 bridgehead atoms. The molecule has 0 radical (unpaired) electrons. The largest absolute Gasteiger partial charge is 0.395 e. The highest BCUT2D eigenvalue weighted by atomic mass is 16.3. The van der Waals surface area contributed by atoms with Gasteiger partial charge in [-0.3, -0.25) is 0 Å². The van der Waals surface area contributed by atoms with Crippen molar-refractivity contribution >= 4 is 0 Å². The number of hydrogen-bond acceptors (Lipinski definition) is 2. The summed E-state index contributed by atoms with van der Waals surface area (Å²) in [5.41, 5.74) is 2.66. The van der Waals surface area contributed by atoms with E-state index in [4.69, 9.17) is 0 Å². The topological polar surface area (TPSA) is 32.3 Å². The van der Waals surface area contributed by atoms with E-state index in [1.165, 1.54) is 11.1 Å². The molecule has 21 heavy (non-hydrogen) atoms. The zero-order valence-electron chi connectivity index (χ0n) is 12.7. The predicted octanol–water partition coefficient (Wildman–Crippen LogP) is 3.20. The normalized spacial score (nSPS) is 12.5. The van der Waals surface area contributed by atoms with Gasteiger partial charge in [0.05, 0.1) is 6.61 Å². The third-order valence-corrected chi connectivity index (χ3v) is 3.83. The van der Waals surface area contributed by atoms with Crippen LogP contribution in [0, 0.1) is 0 Å². The molecule has 0 aliphatic carbocycles. The number of aliphatic hydroxyl groups is 1. The SMILES string of the molecule is CC[C@H](CO)NC(Cc1ccccc1)Cc1ccccc1. The van der Waals surface area contributed by atoms with Gasteiger partial charge < -0.3 is 10.4 Å². The Morgan fingerprint density at radius 2 is 1.29 bits per heavy atom. The van der Waals surface area contributed by atoms with Crippen LogP contribution in [0.1, 0.15) is 24.5 Å². The molecule has 0 saturated heterocycles. The van der Waals surface area contributed by atoms with Crippen molar-refractivity contribution in [2.75, 3.05) is 6.61 Å². The summed E-state index contributed by atoms with van der Waals surface area (Å²) in [5, 5.41) is 13.0. The van der Waals surface area contributed by atoms with Crippen molar-refractivity contribution in [3.05, 3.63) is 71.8 Å². The Balaban J connectivity index is 2.06. The number of aliphatic hydroxyl groups excluding tert-OH is 1. The first-order chi connectivity index (χ1) is 10.3. The maximum Gasteiger partial charge on any atom is 0.0584 e. The average molecular weight is 283 g/mol. The van der Waals surface area contributed by atoms with Crippen LogP contribution in [0.3, 0.4) is 0 Å². The number of benzene rings is 2. The molecule has 0 aliphatic heterocycles. The molecule has 0 aliphatic rings. The van der Waals surface area contributed by atoms with Crippen LogP contribution in [0.5, 0.6) is 0 Å². The Labute approximate surface area is 127 Å². The fourth-order valence-electron chi connectivity index (χ4n) is 2.62. The van der Waals surface area contributed by atoms with Crippen molar-refractivity contribution in [3.8, 4) is 0 Å². The fraction of sp³-hybridized carbons (Fsp3) is 0.368. The summed E-state index contributed by atoms with van der Waals surface area (Å²) in [6, 6.07) is 21.6. The Morgan fingerprint density at radius 1 is 0.810 bits per heavy atom. The van der Waals surface area contributed by atoms with Gasteiger partial charge in [-0.15, -0.1) is 0 Å². The summed E-state index contributed by atoms with van der Waals surface area (Å²) in [6.07, 6.45) is 2.90. The lowest BCUT2D eigenvalue weighted by Crippen LogP contribution is -2.42. The van der Waals surface area contributed by atoms with Crippen molar-refractivity contribution in [2.24, 2.45) is 0 Å². The van der Waals surface area contributed by atoms with Gasteiger partial charge in [-0.25, -0.2) is 0 Å². The average Bonchev–Trinajstić information content (AvgIpc) is 2.54. The summed E-state index contributed by atoms with van der Waals surface area (Å²) in [4.78, 5) is 0. The predicted molar refractivity (Wildman–Crippen MR) is 88.4 cm³/mol. The van der Waals surface area contributed by atoms with Gasteiger partial charge in [0.15, 0.2) is 0 Å². The van der Waals surface area contributed by atoms with Crippen molar-refractivity contribution in [2.45, 2.75) is 38.3 Å². The lowest BCUT2D eigenvalue weighted by molar-refractivity contribution is 0.226. The molecule has 0 heterocycles. The Kier molecular flexibility index (Phi) is 6.45. The lowest BCUT2D eigenvalue weighted by atomic mass is 9.98. The standard InChI is InChI=1S/C19H25NO/c1-2-18(15-21)20-19(13-16-9-5-3-6-10-16)14-17-11-7-4-8-12-17/h3-12,18-21H,2,13-15H2,1H3/t18-/m1/s1. The quantitative estimate of drug-likeness (QED) is 0.780. The molecule has 1 atom stereocenters. The first-order valence-electron chi connectivity index (χ1n) is 7.76. The second-order valence-corrected chi connectivity index (χ2v) is 5.53. The summed E-state index contributed by atoms with van der Waals surface area (Å²) in [7, 11) is 0. The molecular formula is C19H25NO. The van der Waals surface area contributed by atoms with Crippen LogP contribution < -0.4 is 5.32 Å². The molecule has 2 nitrogen and oxygen atoms in total. The zero-order chi connectivity index (χ0) is 14.9. The van der Waals surface area contributed by atoms with E-state index < -0.39 is 0 Å². The monoisotopic (exact) mass is 283 g/mol. The Morgan fingerprint density at radius 3 is 1.67 bits per heavy atom. The zero-order valence-corrected chi connectivity index (χ0v) is 12.7. The summed E-state index contributed by atoms with van der Waals surface area (Å²) in [6.45, 7) is 2.30. The van der Waals surface area contributed by atoms with Crippen molar-refractivity contribution in [1.29, 1.82) is 0 Å². The summed E-state index contributed by atoms with van der Waals surface area (Å²) >= 11 is 0. The second kappa shape index (κ2) is 8.60. The Hall–Kier alpha value is -1.64. The molecular weight excluding hydrogens is 258 g/mol. The van der Waals surface area contributed by atoms with E-state index in [1.807, 2.05) is 12.1 Å². The van der Waals surface area contributed by atoms with Crippen LogP contribution in [0.2, 0.25) is 0 Å². The van der Waals surface area contributed by atoms with Crippen LogP contribution in [-0.4, -0.2) is 23.8 Å². The molecule has 2 heteroatoms. The number of rotatable bonds is 8. The maximum atomic E-state index is 9.44. The highest BCUT2D eigenvalue weighted by Crippen LogP contribution is 2.10. The van der Waals surface area contributed by atoms with Crippen LogP contribution >= 0.6 is 0 Å². The minimum Gasteiger partial charge on any atom is -0.395 e. The van der Waals surface area contributed by atoms with Crippen LogP contribution in [0.15, 0.2) is 60.7 Å². The molecule has 0 amide bonds.